The number of rotatable bonds is 5. The number of thioether (sulfide) groups is 1. The van der Waals surface area contributed by atoms with E-state index in [-0.39, 0.29) is 0 Å². The second-order valence-corrected chi connectivity index (χ2v) is 7.41. The van der Waals surface area contributed by atoms with Gasteiger partial charge in [-0.15, -0.1) is 22.7 Å². The first kappa shape index (κ1) is 13.1. The zero-order valence-electron chi connectivity index (χ0n) is 10.6. The minimum Gasteiger partial charge on any atom is -0.245 e. The number of aromatic nitrogens is 2. The molecule has 0 spiro atoms. The number of hydrogen-bond donors (Lipinski definition) is 0. The Balaban J connectivity index is 1.67. The van der Waals surface area contributed by atoms with Gasteiger partial charge in [0.1, 0.15) is 0 Å². The number of thiazole rings is 2. The lowest BCUT2D eigenvalue weighted by atomic mass is 10.3. The molecule has 0 fully saturated rings. The minimum atomic E-state index is 0.917. The molecule has 0 bridgehead atoms. The van der Waals surface area contributed by atoms with Gasteiger partial charge in [-0.1, -0.05) is 30.8 Å². The quantitative estimate of drug-likeness (QED) is 0.620. The van der Waals surface area contributed by atoms with Crippen molar-refractivity contribution in [1.82, 2.24) is 9.97 Å². The highest BCUT2D eigenvalue weighted by molar-refractivity contribution is 8.00. The fourth-order valence-corrected chi connectivity index (χ4v) is 4.76. The van der Waals surface area contributed by atoms with Gasteiger partial charge in [0.25, 0.3) is 0 Å². The smallest absolute Gasteiger partial charge is 0.151 e. The molecule has 0 atom stereocenters. The van der Waals surface area contributed by atoms with Crippen LogP contribution in [0.5, 0.6) is 0 Å². The standard InChI is InChI=1S/C14H14N2S3/c1-2-5-13-15-10(8-17-13)9-18-14-16-11-6-3-4-7-12(11)19-14/h3-4,6-8H,2,5,9H2,1H3. The first-order valence-corrected chi connectivity index (χ1v) is 8.95. The Labute approximate surface area is 124 Å². The van der Waals surface area contributed by atoms with Crippen LogP contribution in [0, 0.1) is 0 Å². The van der Waals surface area contributed by atoms with Crippen molar-refractivity contribution >= 4 is 44.7 Å². The molecule has 2 nitrogen and oxygen atoms in total. The summed E-state index contributed by atoms with van der Waals surface area (Å²) < 4.78 is 2.39. The molecule has 19 heavy (non-hydrogen) atoms. The van der Waals surface area contributed by atoms with Crippen molar-refractivity contribution in [3.63, 3.8) is 0 Å². The molecular formula is C14H14N2S3. The zero-order chi connectivity index (χ0) is 13.1. The predicted molar refractivity (Wildman–Crippen MR) is 85.3 cm³/mol. The van der Waals surface area contributed by atoms with Crippen LogP contribution in [0.4, 0.5) is 0 Å². The summed E-state index contributed by atoms with van der Waals surface area (Å²) in [5.74, 6) is 0.917. The molecule has 1 aromatic carbocycles. The number of para-hydroxylation sites is 1. The van der Waals surface area contributed by atoms with Crippen molar-refractivity contribution < 1.29 is 0 Å². The molecule has 98 valence electrons. The molecule has 0 saturated heterocycles. The lowest BCUT2D eigenvalue weighted by Crippen LogP contribution is -1.84. The molecule has 3 aromatic rings. The number of nitrogens with zero attached hydrogens (tertiary/aromatic N) is 2. The van der Waals surface area contributed by atoms with Gasteiger partial charge in [0, 0.05) is 11.1 Å². The summed E-state index contributed by atoms with van der Waals surface area (Å²) in [7, 11) is 0. The second kappa shape index (κ2) is 6.03. The van der Waals surface area contributed by atoms with Crippen LogP contribution in [-0.4, -0.2) is 9.97 Å². The van der Waals surface area contributed by atoms with Crippen LogP contribution in [0.15, 0.2) is 34.0 Å². The predicted octanol–water partition coefficient (Wildman–Crippen LogP) is 5.00. The number of fused-ring (bicyclic) bond motifs is 1. The van der Waals surface area contributed by atoms with Crippen LogP contribution in [0.3, 0.4) is 0 Å². The van der Waals surface area contributed by atoms with Crippen LogP contribution >= 0.6 is 34.4 Å². The Hall–Kier alpha value is -0.910. The van der Waals surface area contributed by atoms with Gasteiger partial charge in [-0.25, -0.2) is 9.97 Å². The van der Waals surface area contributed by atoms with E-state index in [1.807, 2.05) is 6.07 Å². The molecule has 5 heteroatoms. The molecule has 0 aliphatic carbocycles. The monoisotopic (exact) mass is 306 g/mol. The Morgan fingerprint density at radius 1 is 1.21 bits per heavy atom. The van der Waals surface area contributed by atoms with Crippen LogP contribution < -0.4 is 0 Å². The second-order valence-electron chi connectivity index (χ2n) is 4.22. The Morgan fingerprint density at radius 3 is 2.95 bits per heavy atom. The van der Waals surface area contributed by atoms with Gasteiger partial charge in [0.05, 0.1) is 20.9 Å². The van der Waals surface area contributed by atoms with Gasteiger partial charge in [-0.05, 0) is 25.0 Å². The van der Waals surface area contributed by atoms with Crippen LogP contribution in [-0.2, 0) is 12.2 Å². The van der Waals surface area contributed by atoms with Crippen molar-refractivity contribution in [3.8, 4) is 0 Å². The maximum atomic E-state index is 4.64. The third-order valence-electron chi connectivity index (χ3n) is 2.68. The number of aryl methyl sites for hydroxylation is 1. The molecule has 0 aliphatic rings. The maximum Gasteiger partial charge on any atom is 0.151 e. The van der Waals surface area contributed by atoms with Crippen LogP contribution in [0.25, 0.3) is 10.2 Å². The Morgan fingerprint density at radius 2 is 2.11 bits per heavy atom. The molecule has 2 heterocycles. The van der Waals surface area contributed by atoms with E-state index < -0.39 is 0 Å². The van der Waals surface area contributed by atoms with Crippen molar-refractivity contribution in [1.29, 1.82) is 0 Å². The fourth-order valence-electron chi connectivity index (χ4n) is 1.79. The normalized spacial score (nSPS) is 11.2. The molecule has 0 unspecified atom stereocenters. The number of hydrogen-bond acceptors (Lipinski definition) is 5. The van der Waals surface area contributed by atoms with E-state index >= 15 is 0 Å². The van der Waals surface area contributed by atoms with E-state index in [1.54, 1.807) is 34.4 Å². The summed E-state index contributed by atoms with van der Waals surface area (Å²) in [6.45, 7) is 2.19. The molecule has 0 aliphatic heterocycles. The third-order valence-corrected chi connectivity index (χ3v) is 5.85. The van der Waals surface area contributed by atoms with E-state index in [4.69, 9.17) is 0 Å². The van der Waals surface area contributed by atoms with Crippen molar-refractivity contribution in [2.24, 2.45) is 0 Å². The van der Waals surface area contributed by atoms with Gasteiger partial charge in [-0.2, -0.15) is 0 Å². The highest BCUT2D eigenvalue weighted by Gasteiger charge is 2.06. The van der Waals surface area contributed by atoms with Crippen molar-refractivity contribution in [3.05, 3.63) is 40.3 Å². The van der Waals surface area contributed by atoms with Gasteiger partial charge < -0.3 is 0 Å². The SMILES string of the molecule is CCCc1nc(CSc2nc3ccccc3s2)cs1. The van der Waals surface area contributed by atoms with E-state index in [2.05, 4.69) is 40.5 Å². The van der Waals surface area contributed by atoms with Gasteiger partial charge in [-0.3, -0.25) is 0 Å². The van der Waals surface area contributed by atoms with Crippen LogP contribution in [0.2, 0.25) is 0 Å². The average molecular weight is 306 g/mol. The summed E-state index contributed by atoms with van der Waals surface area (Å²) >= 11 is 5.32. The van der Waals surface area contributed by atoms with Gasteiger partial charge in [0.15, 0.2) is 4.34 Å². The molecule has 3 rings (SSSR count). The van der Waals surface area contributed by atoms with Crippen LogP contribution in [0.1, 0.15) is 24.0 Å². The van der Waals surface area contributed by atoms with E-state index in [0.29, 0.717) is 0 Å². The Bertz CT molecular complexity index is 639. The summed E-state index contributed by atoms with van der Waals surface area (Å²) in [4.78, 5) is 9.27. The maximum absolute atomic E-state index is 4.64. The lowest BCUT2D eigenvalue weighted by Gasteiger charge is -1.93. The summed E-state index contributed by atoms with van der Waals surface area (Å²) in [5, 5.41) is 3.42. The summed E-state index contributed by atoms with van der Waals surface area (Å²) in [6, 6.07) is 8.29. The molecule has 0 amide bonds. The highest BCUT2D eigenvalue weighted by atomic mass is 32.2. The highest BCUT2D eigenvalue weighted by Crippen LogP contribution is 2.31. The van der Waals surface area contributed by atoms with E-state index in [1.165, 1.54) is 15.4 Å². The minimum absolute atomic E-state index is 0.917. The fraction of sp³-hybridized carbons (Fsp3) is 0.286. The first-order valence-electron chi connectivity index (χ1n) is 6.27. The summed E-state index contributed by atoms with van der Waals surface area (Å²) in [6.07, 6.45) is 2.26. The molecule has 2 aromatic heterocycles. The van der Waals surface area contributed by atoms with Crippen molar-refractivity contribution in [2.45, 2.75) is 29.9 Å². The Kier molecular flexibility index (Phi) is 4.15. The average Bonchev–Trinajstić information content (AvgIpc) is 3.02. The first-order chi connectivity index (χ1) is 9.35. The zero-order valence-corrected chi connectivity index (χ0v) is 13.1. The van der Waals surface area contributed by atoms with E-state index in [9.17, 15) is 0 Å². The van der Waals surface area contributed by atoms with E-state index in [0.717, 1.165) is 28.5 Å². The van der Waals surface area contributed by atoms with Gasteiger partial charge >= 0.3 is 0 Å². The summed E-state index contributed by atoms with van der Waals surface area (Å²) in [5.41, 5.74) is 2.28. The number of benzene rings is 1. The molecular weight excluding hydrogens is 292 g/mol. The molecule has 0 radical (unpaired) electrons. The molecule has 0 N–H and O–H groups in total. The lowest BCUT2D eigenvalue weighted by molar-refractivity contribution is 0.902. The topological polar surface area (TPSA) is 25.8 Å². The third kappa shape index (κ3) is 3.16. The molecule has 0 saturated carbocycles. The van der Waals surface area contributed by atoms with Gasteiger partial charge in [0.2, 0.25) is 0 Å². The largest absolute Gasteiger partial charge is 0.245 e. The van der Waals surface area contributed by atoms with Crippen molar-refractivity contribution in [2.75, 3.05) is 0 Å².